The Morgan fingerprint density at radius 1 is 1.19 bits per heavy atom. The van der Waals surface area contributed by atoms with Gasteiger partial charge in [0.15, 0.2) is 11.5 Å². The Balaban J connectivity index is 1.64. The van der Waals surface area contributed by atoms with Gasteiger partial charge in [0.2, 0.25) is 0 Å². The number of fused-ring (bicyclic) bond motifs is 1. The van der Waals surface area contributed by atoms with Crippen molar-refractivity contribution in [1.82, 2.24) is 9.78 Å². The molecule has 1 aromatic heterocycles. The van der Waals surface area contributed by atoms with Crippen LogP contribution in [0, 0.1) is 0 Å². The Morgan fingerprint density at radius 3 is 2.48 bits per heavy atom. The number of ether oxygens (including phenoxy) is 2. The quantitative estimate of drug-likeness (QED) is 0.834. The number of hydrogen-bond donors (Lipinski definition) is 1. The molecular formula is C20H24ClN3O3. The van der Waals surface area contributed by atoms with Crippen LogP contribution in [0.5, 0.6) is 11.5 Å². The van der Waals surface area contributed by atoms with Gasteiger partial charge in [0.1, 0.15) is 5.69 Å². The SMILES string of the molecule is CC(C)(C)n1nc(C2CC2)cc1C(=O)Nc1cc2c(cc1Cl)OCCCO2. The molecule has 1 N–H and O–H groups in total. The van der Waals surface area contributed by atoms with E-state index in [0.717, 1.165) is 25.0 Å². The number of anilines is 1. The lowest BCUT2D eigenvalue weighted by Gasteiger charge is -2.22. The molecule has 0 unspecified atom stereocenters. The summed E-state index contributed by atoms with van der Waals surface area (Å²) in [6, 6.07) is 5.31. The molecule has 4 rings (SSSR count). The predicted octanol–water partition coefficient (Wildman–Crippen LogP) is 4.58. The highest BCUT2D eigenvalue weighted by atomic mass is 35.5. The molecule has 0 bridgehead atoms. The molecule has 0 saturated heterocycles. The van der Waals surface area contributed by atoms with Crippen molar-refractivity contribution in [1.29, 1.82) is 0 Å². The van der Waals surface area contributed by atoms with Crippen LogP contribution in [0.25, 0.3) is 0 Å². The summed E-state index contributed by atoms with van der Waals surface area (Å²) in [6.45, 7) is 7.27. The number of rotatable bonds is 3. The average Bonchev–Trinajstić information content (AvgIpc) is 3.38. The largest absolute Gasteiger partial charge is 0.490 e. The van der Waals surface area contributed by atoms with E-state index in [-0.39, 0.29) is 11.4 Å². The van der Waals surface area contributed by atoms with Crippen LogP contribution in [0.1, 0.15) is 62.1 Å². The average molecular weight is 390 g/mol. The number of nitrogens with zero attached hydrogens (tertiary/aromatic N) is 2. The molecule has 6 nitrogen and oxygen atoms in total. The third kappa shape index (κ3) is 3.76. The van der Waals surface area contributed by atoms with Crippen molar-refractivity contribution in [2.24, 2.45) is 0 Å². The molecule has 0 atom stereocenters. The second kappa shape index (κ2) is 6.75. The zero-order valence-electron chi connectivity index (χ0n) is 15.8. The minimum Gasteiger partial charge on any atom is -0.490 e. The monoisotopic (exact) mass is 389 g/mol. The number of amides is 1. The first kappa shape index (κ1) is 18.2. The number of carbonyl (C=O) groups is 1. The van der Waals surface area contributed by atoms with Gasteiger partial charge in [-0.15, -0.1) is 0 Å². The highest BCUT2D eigenvalue weighted by molar-refractivity contribution is 6.34. The molecule has 2 aliphatic rings. The highest BCUT2D eigenvalue weighted by Crippen LogP contribution is 2.41. The molecule has 0 radical (unpaired) electrons. The lowest BCUT2D eigenvalue weighted by Crippen LogP contribution is -2.29. The molecule has 144 valence electrons. The van der Waals surface area contributed by atoms with Gasteiger partial charge < -0.3 is 14.8 Å². The van der Waals surface area contributed by atoms with Crippen molar-refractivity contribution >= 4 is 23.2 Å². The summed E-state index contributed by atoms with van der Waals surface area (Å²) in [5.41, 5.74) is 1.72. The first-order valence-electron chi connectivity index (χ1n) is 9.34. The number of hydrogen-bond acceptors (Lipinski definition) is 4. The second-order valence-electron chi connectivity index (χ2n) is 8.09. The first-order valence-corrected chi connectivity index (χ1v) is 9.71. The number of benzene rings is 1. The van der Waals surface area contributed by atoms with E-state index in [1.165, 1.54) is 0 Å². The number of halogens is 1. The zero-order chi connectivity index (χ0) is 19.2. The minimum absolute atomic E-state index is 0.235. The lowest BCUT2D eigenvalue weighted by atomic mass is 10.1. The third-order valence-corrected chi connectivity index (χ3v) is 4.99. The van der Waals surface area contributed by atoms with Crippen LogP contribution in [0.2, 0.25) is 5.02 Å². The lowest BCUT2D eigenvalue weighted by molar-refractivity contribution is 0.100. The van der Waals surface area contributed by atoms with Crippen LogP contribution in [-0.2, 0) is 5.54 Å². The van der Waals surface area contributed by atoms with Gasteiger partial charge >= 0.3 is 0 Å². The molecular weight excluding hydrogens is 366 g/mol. The van der Waals surface area contributed by atoms with E-state index in [0.29, 0.717) is 47.0 Å². The molecule has 1 saturated carbocycles. The van der Waals surface area contributed by atoms with Crippen molar-refractivity contribution in [3.05, 3.63) is 34.6 Å². The number of carbonyl (C=O) groups excluding carboxylic acids is 1. The summed E-state index contributed by atoms with van der Waals surface area (Å²) in [5.74, 6) is 1.43. The zero-order valence-corrected chi connectivity index (χ0v) is 16.6. The number of aromatic nitrogens is 2. The van der Waals surface area contributed by atoms with Crippen LogP contribution < -0.4 is 14.8 Å². The van der Waals surface area contributed by atoms with E-state index >= 15 is 0 Å². The predicted molar refractivity (Wildman–Crippen MR) is 104 cm³/mol. The van der Waals surface area contributed by atoms with Crippen molar-refractivity contribution in [2.75, 3.05) is 18.5 Å². The molecule has 1 amide bonds. The molecule has 1 aliphatic carbocycles. The maximum absolute atomic E-state index is 13.0. The standard InChI is InChI=1S/C20H24ClN3O3/c1-20(2,3)24-16(10-14(23-24)12-5-6-12)19(25)22-15-11-18-17(9-13(15)21)26-7-4-8-27-18/h9-12H,4-8H2,1-3H3,(H,22,25). The topological polar surface area (TPSA) is 65.4 Å². The van der Waals surface area contributed by atoms with Gasteiger partial charge in [-0.25, -0.2) is 0 Å². The van der Waals surface area contributed by atoms with E-state index in [9.17, 15) is 4.79 Å². The van der Waals surface area contributed by atoms with Crippen molar-refractivity contribution in [3.8, 4) is 11.5 Å². The molecule has 2 heterocycles. The van der Waals surface area contributed by atoms with Gasteiger partial charge in [0, 0.05) is 24.5 Å². The van der Waals surface area contributed by atoms with Crippen LogP contribution in [0.4, 0.5) is 5.69 Å². The molecule has 27 heavy (non-hydrogen) atoms. The Kier molecular flexibility index (Phi) is 4.54. The summed E-state index contributed by atoms with van der Waals surface area (Å²) in [6.07, 6.45) is 3.08. The molecule has 1 aromatic carbocycles. The summed E-state index contributed by atoms with van der Waals surface area (Å²) >= 11 is 6.37. The Hall–Kier alpha value is -2.21. The summed E-state index contributed by atoms with van der Waals surface area (Å²) in [5, 5.41) is 8.02. The van der Waals surface area contributed by atoms with E-state index in [1.807, 2.05) is 26.8 Å². The fraction of sp³-hybridized carbons (Fsp3) is 0.500. The Bertz CT molecular complexity index is 881. The second-order valence-corrected chi connectivity index (χ2v) is 8.50. The summed E-state index contributed by atoms with van der Waals surface area (Å²) in [4.78, 5) is 13.0. The van der Waals surface area contributed by atoms with E-state index in [2.05, 4.69) is 10.4 Å². The Labute approximate surface area is 163 Å². The van der Waals surface area contributed by atoms with Gasteiger partial charge in [-0.2, -0.15) is 5.10 Å². The molecule has 7 heteroatoms. The van der Waals surface area contributed by atoms with E-state index < -0.39 is 0 Å². The van der Waals surface area contributed by atoms with Crippen molar-refractivity contribution in [3.63, 3.8) is 0 Å². The van der Waals surface area contributed by atoms with Crippen LogP contribution in [-0.4, -0.2) is 28.9 Å². The van der Waals surface area contributed by atoms with Gasteiger partial charge in [0.05, 0.1) is 35.2 Å². The normalized spacial score (nSPS) is 16.7. The maximum atomic E-state index is 13.0. The highest BCUT2D eigenvalue weighted by Gasteiger charge is 2.31. The van der Waals surface area contributed by atoms with Gasteiger partial charge in [-0.3, -0.25) is 9.48 Å². The Morgan fingerprint density at radius 2 is 1.85 bits per heavy atom. The van der Waals surface area contributed by atoms with Crippen LogP contribution in [0.3, 0.4) is 0 Å². The van der Waals surface area contributed by atoms with Crippen LogP contribution in [0.15, 0.2) is 18.2 Å². The summed E-state index contributed by atoms with van der Waals surface area (Å²) < 4.78 is 13.1. The maximum Gasteiger partial charge on any atom is 0.274 e. The first-order chi connectivity index (χ1) is 12.8. The minimum atomic E-state index is -0.297. The van der Waals surface area contributed by atoms with E-state index in [4.69, 9.17) is 21.1 Å². The van der Waals surface area contributed by atoms with Gasteiger partial charge in [0.25, 0.3) is 5.91 Å². The summed E-state index contributed by atoms with van der Waals surface area (Å²) in [7, 11) is 0. The van der Waals surface area contributed by atoms with Gasteiger partial charge in [-0.05, 0) is 39.7 Å². The van der Waals surface area contributed by atoms with Crippen molar-refractivity contribution < 1.29 is 14.3 Å². The smallest absolute Gasteiger partial charge is 0.274 e. The molecule has 0 spiro atoms. The molecule has 2 aromatic rings. The van der Waals surface area contributed by atoms with Crippen LogP contribution >= 0.6 is 11.6 Å². The molecule has 1 fully saturated rings. The van der Waals surface area contributed by atoms with Gasteiger partial charge in [-0.1, -0.05) is 11.6 Å². The van der Waals surface area contributed by atoms with Crippen molar-refractivity contribution in [2.45, 2.75) is 51.5 Å². The molecule has 1 aliphatic heterocycles. The third-order valence-electron chi connectivity index (χ3n) is 4.68. The van der Waals surface area contributed by atoms with E-state index in [1.54, 1.807) is 16.8 Å². The fourth-order valence-corrected chi connectivity index (χ4v) is 3.32. The number of nitrogens with one attached hydrogen (secondary N) is 1. The fourth-order valence-electron chi connectivity index (χ4n) is 3.12.